The number of hydrogen-bond donors (Lipinski definition) is 1. The van der Waals surface area contributed by atoms with E-state index in [4.69, 9.17) is 11.6 Å². The van der Waals surface area contributed by atoms with E-state index in [0.717, 1.165) is 22.5 Å². The first-order chi connectivity index (χ1) is 12.0. The van der Waals surface area contributed by atoms with E-state index in [1.54, 1.807) is 4.68 Å². The van der Waals surface area contributed by atoms with E-state index in [9.17, 15) is 4.79 Å². The highest BCUT2D eigenvalue weighted by Crippen LogP contribution is 2.24. The summed E-state index contributed by atoms with van der Waals surface area (Å²) < 4.78 is 1.71. The van der Waals surface area contributed by atoms with E-state index in [-0.39, 0.29) is 18.5 Å². The maximum absolute atomic E-state index is 12.6. The van der Waals surface area contributed by atoms with Crippen LogP contribution in [0.1, 0.15) is 28.6 Å². The lowest BCUT2D eigenvalue weighted by Crippen LogP contribution is -2.32. The summed E-state index contributed by atoms with van der Waals surface area (Å²) in [7, 11) is 0. The van der Waals surface area contributed by atoms with Crippen molar-refractivity contribution in [3.63, 3.8) is 0 Å². The van der Waals surface area contributed by atoms with Crippen molar-refractivity contribution in [3.05, 3.63) is 88.2 Å². The summed E-state index contributed by atoms with van der Waals surface area (Å²) in [5, 5.41) is 8.10. The minimum Gasteiger partial charge on any atom is -0.344 e. The molecule has 0 saturated carbocycles. The second-order valence-corrected chi connectivity index (χ2v) is 6.49. The number of nitrogens with one attached hydrogen (secondary N) is 1. The molecule has 0 aliphatic rings. The molecule has 3 aromatic rings. The molecule has 0 fully saturated rings. The van der Waals surface area contributed by atoms with E-state index in [1.165, 1.54) is 0 Å². The van der Waals surface area contributed by atoms with Crippen LogP contribution >= 0.6 is 11.6 Å². The molecule has 1 heterocycles. The summed E-state index contributed by atoms with van der Waals surface area (Å²) in [4.78, 5) is 12.6. The second kappa shape index (κ2) is 7.53. The van der Waals surface area contributed by atoms with Crippen LogP contribution in [0.2, 0.25) is 5.02 Å². The van der Waals surface area contributed by atoms with Gasteiger partial charge < -0.3 is 5.32 Å². The van der Waals surface area contributed by atoms with Gasteiger partial charge in [-0.05, 0) is 43.2 Å². The number of benzene rings is 2. The number of aromatic nitrogens is 2. The maximum atomic E-state index is 12.6. The minimum atomic E-state index is -0.260. The molecule has 0 saturated heterocycles. The molecule has 2 aromatic carbocycles. The van der Waals surface area contributed by atoms with Crippen LogP contribution in [0.4, 0.5) is 0 Å². The first kappa shape index (κ1) is 17.2. The highest BCUT2D eigenvalue weighted by Gasteiger charge is 2.18. The summed E-state index contributed by atoms with van der Waals surface area (Å²) in [6.07, 6.45) is 0. The van der Waals surface area contributed by atoms with Crippen molar-refractivity contribution in [3.8, 4) is 0 Å². The Bertz CT molecular complexity index is 874. The number of aryl methyl sites for hydroxylation is 2. The molecular weight excluding hydrogens is 334 g/mol. The number of hydrogen-bond acceptors (Lipinski definition) is 2. The molecule has 128 valence electrons. The molecule has 1 atom stereocenters. The standard InChI is InChI=1S/C20H20ClN3O/c1-14-11-15(2)24(23-14)13-19(25)22-20(16-7-4-3-5-8-16)17-9-6-10-18(21)12-17/h3-12,20H,13H2,1-2H3,(H,22,25)/t20-/m0/s1. The average molecular weight is 354 g/mol. The van der Waals surface area contributed by atoms with Gasteiger partial charge in [-0.1, -0.05) is 54.1 Å². The van der Waals surface area contributed by atoms with Crippen molar-refractivity contribution >= 4 is 17.5 Å². The fourth-order valence-corrected chi connectivity index (χ4v) is 3.07. The van der Waals surface area contributed by atoms with Crippen LogP contribution in [-0.2, 0) is 11.3 Å². The Labute approximate surface area is 152 Å². The third-order valence-corrected chi connectivity index (χ3v) is 4.25. The fourth-order valence-electron chi connectivity index (χ4n) is 2.87. The molecule has 1 aromatic heterocycles. The van der Waals surface area contributed by atoms with Crippen molar-refractivity contribution in [1.82, 2.24) is 15.1 Å². The molecule has 0 spiro atoms. The molecule has 25 heavy (non-hydrogen) atoms. The quantitative estimate of drug-likeness (QED) is 0.752. The van der Waals surface area contributed by atoms with Crippen molar-refractivity contribution < 1.29 is 4.79 Å². The van der Waals surface area contributed by atoms with E-state index in [0.29, 0.717) is 5.02 Å². The van der Waals surface area contributed by atoms with Gasteiger partial charge in [0.15, 0.2) is 0 Å². The highest BCUT2D eigenvalue weighted by molar-refractivity contribution is 6.30. The average Bonchev–Trinajstić information content (AvgIpc) is 2.90. The van der Waals surface area contributed by atoms with Crippen LogP contribution in [0.15, 0.2) is 60.7 Å². The zero-order valence-corrected chi connectivity index (χ0v) is 15.0. The number of nitrogens with zero attached hydrogens (tertiary/aromatic N) is 2. The van der Waals surface area contributed by atoms with Gasteiger partial charge in [-0.15, -0.1) is 0 Å². The van der Waals surface area contributed by atoms with Gasteiger partial charge in [0.1, 0.15) is 6.54 Å². The van der Waals surface area contributed by atoms with Crippen molar-refractivity contribution in [1.29, 1.82) is 0 Å². The minimum absolute atomic E-state index is 0.0972. The molecule has 0 aliphatic heterocycles. The second-order valence-electron chi connectivity index (χ2n) is 6.05. The van der Waals surface area contributed by atoms with Gasteiger partial charge in [0, 0.05) is 10.7 Å². The summed E-state index contributed by atoms with van der Waals surface area (Å²) >= 11 is 6.14. The number of rotatable bonds is 5. The SMILES string of the molecule is Cc1cc(C)n(CC(=O)N[C@@H](c2ccccc2)c2cccc(Cl)c2)n1. The molecule has 1 N–H and O–H groups in total. The number of amides is 1. The van der Waals surface area contributed by atoms with Gasteiger partial charge in [-0.25, -0.2) is 0 Å². The topological polar surface area (TPSA) is 46.9 Å². The summed E-state index contributed by atoms with van der Waals surface area (Å²) in [6.45, 7) is 4.04. The molecule has 0 aliphatic carbocycles. The smallest absolute Gasteiger partial charge is 0.242 e. The van der Waals surface area contributed by atoms with Gasteiger partial charge in [0.25, 0.3) is 0 Å². The van der Waals surface area contributed by atoms with Crippen LogP contribution in [0, 0.1) is 13.8 Å². The van der Waals surface area contributed by atoms with E-state index >= 15 is 0 Å². The van der Waals surface area contributed by atoms with Gasteiger partial charge >= 0.3 is 0 Å². The van der Waals surface area contributed by atoms with E-state index < -0.39 is 0 Å². The van der Waals surface area contributed by atoms with Crippen LogP contribution < -0.4 is 5.32 Å². The lowest BCUT2D eigenvalue weighted by molar-refractivity contribution is -0.122. The van der Waals surface area contributed by atoms with E-state index in [1.807, 2.05) is 74.5 Å². The first-order valence-electron chi connectivity index (χ1n) is 8.14. The number of carbonyl (C=O) groups is 1. The van der Waals surface area contributed by atoms with Crippen molar-refractivity contribution in [2.75, 3.05) is 0 Å². The molecule has 4 nitrogen and oxygen atoms in total. The maximum Gasteiger partial charge on any atom is 0.242 e. The van der Waals surface area contributed by atoms with Crippen LogP contribution in [0.5, 0.6) is 0 Å². The third kappa shape index (κ3) is 4.28. The largest absolute Gasteiger partial charge is 0.344 e. The molecule has 3 rings (SSSR count). The molecule has 0 radical (unpaired) electrons. The van der Waals surface area contributed by atoms with Crippen LogP contribution in [-0.4, -0.2) is 15.7 Å². The Morgan fingerprint density at radius 3 is 2.44 bits per heavy atom. The first-order valence-corrected chi connectivity index (χ1v) is 8.51. The van der Waals surface area contributed by atoms with Gasteiger partial charge in [0.2, 0.25) is 5.91 Å². The zero-order valence-electron chi connectivity index (χ0n) is 14.2. The highest BCUT2D eigenvalue weighted by atomic mass is 35.5. The van der Waals surface area contributed by atoms with Gasteiger partial charge in [-0.3, -0.25) is 9.48 Å². The molecule has 5 heteroatoms. The molecule has 1 amide bonds. The Morgan fingerprint density at radius 2 is 1.80 bits per heavy atom. The summed E-state index contributed by atoms with van der Waals surface area (Å²) in [5.74, 6) is -0.0972. The summed E-state index contributed by atoms with van der Waals surface area (Å²) in [5.41, 5.74) is 3.82. The van der Waals surface area contributed by atoms with Crippen LogP contribution in [0.25, 0.3) is 0 Å². The molecular formula is C20H20ClN3O. The lowest BCUT2D eigenvalue weighted by Gasteiger charge is -2.20. The van der Waals surface area contributed by atoms with Crippen LogP contribution in [0.3, 0.4) is 0 Å². The lowest BCUT2D eigenvalue weighted by atomic mass is 9.98. The van der Waals surface area contributed by atoms with Gasteiger partial charge in [-0.2, -0.15) is 5.10 Å². The Hall–Kier alpha value is -2.59. The Balaban J connectivity index is 1.85. The number of halogens is 1. The fraction of sp³-hybridized carbons (Fsp3) is 0.200. The van der Waals surface area contributed by atoms with Crippen molar-refractivity contribution in [2.24, 2.45) is 0 Å². The predicted molar refractivity (Wildman–Crippen MR) is 99.6 cm³/mol. The predicted octanol–water partition coefficient (Wildman–Crippen LogP) is 4.06. The third-order valence-electron chi connectivity index (χ3n) is 4.02. The zero-order chi connectivity index (χ0) is 17.8. The monoisotopic (exact) mass is 353 g/mol. The van der Waals surface area contributed by atoms with Crippen molar-refractivity contribution in [2.45, 2.75) is 26.4 Å². The normalized spacial score (nSPS) is 12.0. The Morgan fingerprint density at radius 1 is 1.08 bits per heavy atom. The number of carbonyl (C=O) groups excluding carboxylic acids is 1. The van der Waals surface area contributed by atoms with E-state index in [2.05, 4.69) is 10.4 Å². The Kier molecular flexibility index (Phi) is 5.19. The van der Waals surface area contributed by atoms with Gasteiger partial charge in [0.05, 0.1) is 11.7 Å². The molecule has 0 unspecified atom stereocenters. The molecule has 0 bridgehead atoms. The summed E-state index contributed by atoms with van der Waals surface area (Å²) in [6, 6.07) is 19.1.